The van der Waals surface area contributed by atoms with Crippen LogP contribution >= 0.6 is 0 Å². The highest BCUT2D eigenvalue weighted by Crippen LogP contribution is 2.20. The van der Waals surface area contributed by atoms with Crippen LogP contribution in [0, 0.1) is 0 Å². The number of nitrogens with zero attached hydrogens (tertiary/aromatic N) is 1. The molecule has 2 rings (SSSR count). The zero-order chi connectivity index (χ0) is 13.8. The lowest BCUT2D eigenvalue weighted by Gasteiger charge is -2.39. The number of carboxylic acid groups (broad SMARTS) is 1. The average Bonchev–Trinajstić information content (AvgIpc) is 2.38. The van der Waals surface area contributed by atoms with Gasteiger partial charge in [0.1, 0.15) is 0 Å². The standard InChI is InChI=1S/C15H22N2O2/c1-11-5-3-6-12(2)17(11)16-10-13-7-4-8-14(9-13)15(18)19/h4,7-9,11-12,16H,3,5-6,10H2,1-2H3,(H,18,19). The van der Waals surface area contributed by atoms with Gasteiger partial charge in [0.05, 0.1) is 5.56 Å². The van der Waals surface area contributed by atoms with Gasteiger partial charge in [-0.15, -0.1) is 0 Å². The maximum atomic E-state index is 10.9. The third-order valence-corrected chi connectivity index (χ3v) is 3.83. The van der Waals surface area contributed by atoms with Crippen molar-refractivity contribution in [3.63, 3.8) is 0 Å². The van der Waals surface area contributed by atoms with Crippen LogP contribution in [0.1, 0.15) is 49.0 Å². The molecule has 0 saturated carbocycles. The molecule has 0 aliphatic carbocycles. The Bertz CT molecular complexity index is 438. The molecule has 1 fully saturated rings. The topological polar surface area (TPSA) is 52.6 Å². The summed E-state index contributed by atoms with van der Waals surface area (Å²) in [5.74, 6) is -0.874. The quantitative estimate of drug-likeness (QED) is 0.876. The van der Waals surface area contributed by atoms with Gasteiger partial charge in [-0.2, -0.15) is 0 Å². The van der Waals surface area contributed by atoms with Crippen molar-refractivity contribution < 1.29 is 9.90 Å². The van der Waals surface area contributed by atoms with Gasteiger partial charge in [-0.25, -0.2) is 9.80 Å². The van der Waals surface area contributed by atoms with Crippen molar-refractivity contribution in [2.75, 3.05) is 0 Å². The SMILES string of the molecule is CC1CCCC(C)N1NCc1cccc(C(=O)O)c1. The van der Waals surface area contributed by atoms with E-state index in [1.165, 1.54) is 19.3 Å². The lowest BCUT2D eigenvalue weighted by Crippen LogP contribution is -2.51. The van der Waals surface area contributed by atoms with Crippen LogP contribution in [-0.4, -0.2) is 28.2 Å². The molecule has 4 nitrogen and oxygen atoms in total. The number of nitrogens with one attached hydrogen (secondary N) is 1. The largest absolute Gasteiger partial charge is 0.478 e. The lowest BCUT2D eigenvalue weighted by molar-refractivity contribution is 0.0435. The predicted molar refractivity (Wildman–Crippen MR) is 74.9 cm³/mol. The highest BCUT2D eigenvalue weighted by atomic mass is 16.4. The second-order valence-corrected chi connectivity index (χ2v) is 5.38. The molecule has 0 radical (unpaired) electrons. The van der Waals surface area contributed by atoms with Gasteiger partial charge in [0.25, 0.3) is 0 Å². The molecule has 1 heterocycles. The molecular formula is C15H22N2O2. The second-order valence-electron chi connectivity index (χ2n) is 5.38. The van der Waals surface area contributed by atoms with Crippen molar-refractivity contribution in [1.29, 1.82) is 0 Å². The van der Waals surface area contributed by atoms with Gasteiger partial charge in [-0.1, -0.05) is 18.6 Å². The van der Waals surface area contributed by atoms with Gasteiger partial charge in [-0.05, 0) is 44.4 Å². The third-order valence-electron chi connectivity index (χ3n) is 3.83. The number of benzene rings is 1. The molecule has 1 aromatic rings. The third kappa shape index (κ3) is 3.55. The summed E-state index contributed by atoms with van der Waals surface area (Å²) in [4.78, 5) is 10.9. The van der Waals surface area contributed by atoms with Gasteiger partial charge in [-0.3, -0.25) is 5.43 Å². The van der Waals surface area contributed by atoms with Crippen molar-refractivity contribution >= 4 is 5.97 Å². The Morgan fingerprint density at radius 1 is 1.37 bits per heavy atom. The summed E-state index contributed by atoms with van der Waals surface area (Å²) in [5, 5.41) is 11.3. The van der Waals surface area contributed by atoms with E-state index < -0.39 is 5.97 Å². The molecule has 1 aliphatic rings. The summed E-state index contributed by atoms with van der Waals surface area (Å²) in [6.07, 6.45) is 3.72. The molecule has 0 spiro atoms. The van der Waals surface area contributed by atoms with Crippen LogP contribution in [0.2, 0.25) is 0 Å². The van der Waals surface area contributed by atoms with E-state index in [1.807, 2.05) is 6.07 Å². The average molecular weight is 262 g/mol. The molecule has 104 valence electrons. The Morgan fingerprint density at radius 3 is 2.68 bits per heavy atom. The van der Waals surface area contributed by atoms with Crippen molar-refractivity contribution in [3.8, 4) is 0 Å². The zero-order valence-electron chi connectivity index (χ0n) is 11.6. The lowest BCUT2D eigenvalue weighted by atomic mass is 10.00. The van der Waals surface area contributed by atoms with Crippen LogP contribution in [0.4, 0.5) is 0 Å². The van der Waals surface area contributed by atoms with Crippen LogP contribution in [-0.2, 0) is 6.54 Å². The minimum Gasteiger partial charge on any atom is -0.478 e. The normalized spacial score (nSPS) is 24.3. The maximum absolute atomic E-state index is 10.9. The van der Waals surface area contributed by atoms with Gasteiger partial charge in [0.15, 0.2) is 0 Å². The molecule has 1 aromatic carbocycles. The van der Waals surface area contributed by atoms with E-state index in [4.69, 9.17) is 5.11 Å². The Morgan fingerprint density at radius 2 is 2.05 bits per heavy atom. The van der Waals surface area contributed by atoms with E-state index in [9.17, 15) is 4.79 Å². The van der Waals surface area contributed by atoms with Crippen LogP contribution < -0.4 is 5.43 Å². The fourth-order valence-electron chi connectivity index (χ4n) is 2.73. The van der Waals surface area contributed by atoms with E-state index in [1.54, 1.807) is 18.2 Å². The Balaban J connectivity index is 1.98. The van der Waals surface area contributed by atoms with E-state index in [0.717, 1.165) is 5.56 Å². The first kappa shape index (κ1) is 14.0. The summed E-state index contributed by atoms with van der Waals surface area (Å²) in [5.41, 5.74) is 4.79. The molecule has 0 aromatic heterocycles. The molecule has 1 saturated heterocycles. The molecule has 2 unspecified atom stereocenters. The molecule has 0 amide bonds. The Kier molecular flexibility index (Phi) is 4.56. The van der Waals surface area contributed by atoms with E-state index >= 15 is 0 Å². The number of carboxylic acids is 1. The summed E-state index contributed by atoms with van der Waals surface area (Å²) < 4.78 is 0. The first-order valence-electron chi connectivity index (χ1n) is 6.92. The van der Waals surface area contributed by atoms with Crippen molar-refractivity contribution in [1.82, 2.24) is 10.4 Å². The molecule has 19 heavy (non-hydrogen) atoms. The van der Waals surface area contributed by atoms with E-state index in [-0.39, 0.29) is 0 Å². The number of hydrogen-bond acceptors (Lipinski definition) is 3. The van der Waals surface area contributed by atoms with Gasteiger partial charge >= 0.3 is 5.97 Å². The Labute approximate surface area is 114 Å². The number of piperidine rings is 1. The summed E-state index contributed by atoms with van der Waals surface area (Å²) in [6.45, 7) is 5.14. The summed E-state index contributed by atoms with van der Waals surface area (Å²) in [6, 6.07) is 8.17. The van der Waals surface area contributed by atoms with E-state index in [0.29, 0.717) is 24.2 Å². The zero-order valence-corrected chi connectivity index (χ0v) is 11.6. The van der Waals surface area contributed by atoms with Gasteiger partial charge < -0.3 is 5.11 Å². The van der Waals surface area contributed by atoms with Crippen LogP contribution in [0.3, 0.4) is 0 Å². The number of hydrogen-bond donors (Lipinski definition) is 2. The highest BCUT2D eigenvalue weighted by Gasteiger charge is 2.24. The monoisotopic (exact) mass is 262 g/mol. The number of aromatic carboxylic acids is 1. The molecule has 2 N–H and O–H groups in total. The molecule has 1 aliphatic heterocycles. The fraction of sp³-hybridized carbons (Fsp3) is 0.533. The van der Waals surface area contributed by atoms with Crippen LogP contribution in [0.25, 0.3) is 0 Å². The minimum absolute atomic E-state index is 0.346. The van der Waals surface area contributed by atoms with Crippen molar-refractivity contribution in [3.05, 3.63) is 35.4 Å². The number of carbonyl (C=O) groups is 1. The van der Waals surface area contributed by atoms with Crippen LogP contribution in [0.15, 0.2) is 24.3 Å². The highest BCUT2D eigenvalue weighted by molar-refractivity contribution is 5.87. The molecule has 4 heteroatoms. The van der Waals surface area contributed by atoms with Crippen LogP contribution in [0.5, 0.6) is 0 Å². The number of hydrazine groups is 1. The smallest absolute Gasteiger partial charge is 0.335 e. The molecular weight excluding hydrogens is 240 g/mol. The van der Waals surface area contributed by atoms with Crippen molar-refractivity contribution in [2.24, 2.45) is 0 Å². The summed E-state index contributed by atoms with van der Waals surface area (Å²) >= 11 is 0. The molecule has 2 atom stereocenters. The van der Waals surface area contributed by atoms with Gasteiger partial charge in [0, 0.05) is 18.6 Å². The minimum atomic E-state index is -0.874. The molecule has 0 bridgehead atoms. The predicted octanol–water partition coefficient (Wildman–Crippen LogP) is 2.65. The van der Waals surface area contributed by atoms with Gasteiger partial charge in [0.2, 0.25) is 0 Å². The maximum Gasteiger partial charge on any atom is 0.335 e. The van der Waals surface area contributed by atoms with E-state index in [2.05, 4.69) is 24.3 Å². The second kappa shape index (κ2) is 6.17. The Hall–Kier alpha value is -1.39. The first-order chi connectivity index (χ1) is 9.08. The fourth-order valence-corrected chi connectivity index (χ4v) is 2.73. The summed E-state index contributed by atoms with van der Waals surface area (Å²) in [7, 11) is 0. The number of rotatable bonds is 4. The van der Waals surface area contributed by atoms with Crippen molar-refractivity contribution in [2.45, 2.75) is 51.7 Å². The first-order valence-corrected chi connectivity index (χ1v) is 6.92.